The van der Waals surface area contributed by atoms with Crippen LogP contribution in [0.2, 0.25) is 0 Å². The van der Waals surface area contributed by atoms with E-state index >= 15 is 0 Å². The lowest BCUT2D eigenvalue weighted by Crippen LogP contribution is -2.10. The minimum absolute atomic E-state index is 0.244. The average Bonchev–Trinajstić information content (AvgIpc) is 2.49. The summed E-state index contributed by atoms with van der Waals surface area (Å²) in [5, 5.41) is 5.04. The number of aromatic nitrogens is 2. The highest BCUT2D eigenvalue weighted by molar-refractivity contribution is 5.78. The number of fused-ring (bicyclic) bond motifs is 1. The summed E-state index contributed by atoms with van der Waals surface area (Å²) in [6, 6.07) is 4.61. The summed E-state index contributed by atoms with van der Waals surface area (Å²) >= 11 is 0. The standard InChI is InChI=1S/C9H10FN3/c10-8-2-1-7-6-12-13(4-3-11)9(7)5-8/h1-2,5-6H,3-4,11H2. The van der Waals surface area contributed by atoms with E-state index in [9.17, 15) is 4.39 Å². The van der Waals surface area contributed by atoms with E-state index in [2.05, 4.69) is 5.10 Å². The van der Waals surface area contributed by atoms with Crippen molar-refractivity contribution in [2.45, 2.75) is 6.54 Å². The highest BCUT2D eigenvalue weighted by atomic mass is 19.1. The molecule has 0 bridgehead atoms. The van der Waals surface area contributed by atoms with Crippen LogP contribution < -0.4 is 5.73 Å². The zero-order valence-electron chi connectivity index (χ0n) is 7.07. The van der Waals surface area contributed by atoms with Gasteiger partial charge < -0.3 is 5.73 Å². The Morgan fingerprint density at radius 3 is 3.08 bits per heavy atom. The van der Waals surface area contributed by atoms with Crippen LogP contribution in [0.4, 0.5) is 4.39 Å². The molecular weight excluding hydrogens is 169 g/mol. The number of nitrogens with zero attached hydrogens (tertiary/aromatic N) is 2. The first kappa shape index (κ1) is 8.19. The molecule has 2 rings (SSSR count). The van der Waals surface area contributed by atoms with Gasteiger partial charge in [-0.3, -0.25) is 4.68 Å². The lowest BCUT2D eigenvalue weighted by molar-refractivity contribution is 0.620. The average molecular weight is 179 g/mol. The van der Waals surface area contributed by atoms with E-state index in [-0.39, 0.29) is 5.82 Å². The third kappa shape index (κ3) is 1.40. The fraction of sp³-hybridized carbons (Fsp3) is 0.222. The van der Waals surface area contributed by atoms with Crippen molar-refractivity contribution in [1.82, 2.24) is 9.78 Å². The van der Waals surface area contributed by atoms with Crippen LogP contribution in [0, 0.1) is 5.82 Å². The molecule has 3 nitrogen and oxygen atoms in total. The topological polar surface area (TPSA) is 43.8 Å². The normalized spacial score (nSPS) is 10.9. The van der Waals surface area contributed by atoms with Gasteiger partial charge in [-0.2, -0.15) is 5.10 Å². The van der Waals surface area contributed by atoms with E-state index in [1.807, 2.05) is 0 Å². The number of hydrogen-bond acceptors (Lipinski definition) is 2. The lowest BCUT2D eigenvalue weighted by atomic mass is 10.2. The molecule has 0 radical (unpaired) electrons. The molecule has 1 aromatic heterocycles. The maximum absolute atomic E-state index is 12.9. The Morgan fingerprint density at radius 2 is 2.31 bits per heavy atom. The molecule has 0 aliphatic heterocycles. The third-order valence-electron chi connectivity index (χ3n) is 1.95. The first-order valence-electron chi connectivity index (χ1n) is 4.12. The Kier molecular flexibility index (Phi) is 1.98. The van der Waals surface area contributed by atoms with Crippen molar-refractivity contribution < 1.29 is 4.39 Å². The molecule has 0 atom stereocenters. The van der Waals surface area contributed by atoms with Crippen molar-refractivity contribution in [3.63, 3.8) is 0 Å². The van der Waals surface area contributed by atoms with Crippen LogP contribution in [0.5, 0.6) is 0 Å². The van der Waals surface area contributed by atoms with Crippen LogP contribution in [0.15, 0.2) is 24.4 Å². The number of benzene rings is 1. The van der Waals surface area contributed by atoms with Gasteiger partial charge in [-0.05, 0) is 18.2 Å². The fourth-order valence-corrected chi connectivity index (χ4v) is 1.34. The predicted molar refractivity (Wildman–Crippen MR) is 48.7 cm³/mol. The second-order valence-corrected chi connectivity index (χ2v) is 2.86. The van der Waals surface area contributed by atoms with Crippen LogP contribution >= 0.6 is 0 Å². The summed E-state index contributed by atoms with van der Waals surface area (Å²) in [5.41, 5.74) is 6.19. The molecule has 13 heavy (non-hydrogen) atoms. The van der Waals surface area contributed by atoms with Crippen molar-refractivity contribution >= 4 is 10.9 Å². The third-order valence-corrected chi connectivity index (χ3v) is 1.95. The molecule has 0 spiro atoms. The van der Waals surface area contributed by atoms with Crippen LogP contribution in [-0.2, 0) is 6.54 Å². The molecule has 2 aromatic rings. The predicted octanol–water partition coefficient (Wildman–Crippen LogP) is 1.13. The van der Waals surface area contributed by atoms with Crippen LogP contribution in [0.3, 0.4) is 0 Å². The zero-order chi connectivity index (χ0) is 9.26. The number of hydrogen-bond donors (Lipinski definition) is 1. The molecule has 1 heterocycles. The van der Waals surface area contributed by atoms with Crippen molar-refractivity contribution in [3.8, 4) is 0 Å². The first-order chi connectivity index (χ1) is 6.31. The number of rotatable bonds is 2. The van der Waals surface area contributed by atoms with Gasteiger partial charge in [-0.1, -0.05) is 0 Å². The molecule has 68 valence electrons. The molecule has 4 heteroatoms. The second-order valence-electron chi connectivity index (χ2n) is 2.86. The monoisotopic (exact) mass is 179 g/mol. The quantitative estimate of drug-likeness (QED) is 0.751. The van der Waals surface area contributed by atoms with E-state index in [0.717, 1.165) is 10.9 Å². The van der Waals surface area contributed by atoms with Crippen LogP contribution in [0.1, 0.15) is 0 Å². The molecule has 0 saturated carbocycles. The van der Waals surface area contributed by atoms with E-state index in [4.69, 9.17) is 5.73 Å². The maximum atomic E-state index is 12.9. The Hall–Kier alpha value is -1.42. The van der Waals surface area contributed by atoms with Crippen molar-refractivity contribution in [2.75, 3.05) is 6.54 Å². The Labute approximate surface area is 75.0 Å². The highest BCUT2D eigenvalue weighted by Crippen LogP contribution is 2.14. The largest absolute Gasteiger partial charge is 0.329 e. The van der Waals surface area contributed by atoms with Gasteiger partial charge in [0.1, 0.15) is 5.82 Å². The molecule has 0 saturated heterocycles. The van der Waals surface area contributed by atoms with Crippen LogP contribution in [0.25, 0.3) is 10.9 Å². The Bertz CT molecular complexity index is 422. The molecular formula is C9H10FN3. The van der Waals surface area contributed by atoms with E-state index in [1.165, 1.54) is 12.1 Å². The SMILES string of the molecule is NCCn1ncc2ccc(F)cc21. The fourth-order valence-electron chi connectivity index (χ4n) is 1.34. The molecule has 0 aliphatic carbocycles. The summed E-state index contributed by atoms with van der Waals surface area (Å²) < 4.78 is 14.6. The van der Waals surface area contributed by atoms with Gasteiger partial charge in [-0.15, -0.1) is 0 Å². The zero-order valence-corrected chi connectivity index (χ0v) is 7.07. The molecule has 1 aromatic carbocycles. The van der Waals surface area contributed by atoms with E-state index in [1.54, 1.807) is 16.9 Å². The minimum Gasteiger partial charge on any atom is -0.329 e. The summed E-state index contributed by atoms with van der Waals surface area (Å²) in [6.07, 6.45) is 1.71. The Morgan fingerprint density at radius 1 is 1.46 bits per heavy atom. The minimum atomic E-state index is -0.244. The maximum Gasteiger partial charge on any atom is 0.125 e. The van der Waals surface area contributed by atoms with Crippen molar-refractivity contribution in [1.29, 1.82) is 0 Å². The first-order valence-corrected chi connectivity index (χ1v) is 4.12. The van der Waals surface area contributed by atoms with Gasteiger partial charge in [0, 0.05) is 11.9 Å². The van der Waals surface area contributed by atoms with Crippen LogP contribution in [-0.4, -0.2) is 16.3 Å². The summed E-state index contributed by atoms with van der Waals surface area (Å²) in [6.45, 7) is 1.13. The summed E-state index contributed by atoms with van der Waals surface area (Å²) in [5.74, 6) is -0.244. The van der Waals surface area contributed by atoms with Crippen molar-refractivity contribution in [2.24, 2.45) is 5.73 Å². The molecule has 0 unspecified atom stereocenters. The van der Waals surface area contributed by atoms with E-state index < -0.39 is 0 Å². The molecule has 0 amide bonds. The van der Waals surface area contributed by atoms with Gasteiger partial charge in [-0.25, -0.2) is 4.39 Å². The molecule has 0 fully saturated rings. The second kappa shape index (κ2) is 3.14. The van der Waals surface area contributed by atoms with Gasteiger partial charge in [0.05, 0.1) is 18.3 Å². The molecule has 2 N–H and O–H groups in total. The van der Waals surface area contributed by atoms with Gasteiger partial charge in [0.15, 0.2) is 0 Å². The number of nitrogens with two attached hydrogens (primary N) is 1. The number of halogens is 1. The smallest absolute Gasteiger partial charge is 0.125 e. The molecule has 0 aliphatic rings. The van der Waals surface area contributed by atoms with Gasteiger partial charge in [0.2, 0.25) is 0 Å². The van der Waals surface area contributed by atoms with Gasteiger partial charge >= 0.3 is 0 Å². The lowest BCUT2D eigenvalue weighted by Gasteiger charge is -1.99. The summed E-state index contributed by atoms with van der Waals surface area (Å²) in [4.78, 5) is 0. The Balaban J connectivity index is 2.58. The summed E-state index contributed by atoms with van der Waals surface area (Å²) in [7, 11) is 0. The van der Waals surface area contributed by atoms with Crippen molar-refractivity contribution in [3.05, 3.63) is 30.2 Å². The highest BCUT2D eigenvalue weighted by Gasteiger charge is 2.02. The van der Waals surface area contributed by atoms with Gasteiger partial charge in [0.25, 0.3) is 0 Å². The van der Waals surface area contributed by atoms with E-state index in [0.29, 0.717) is 13.1 Å².